The smallest absolute Gasteiger partial charge is 0.248 e. The molecule has 0 saturated heterocycles. The van der Waals surface area contributed by atoms with E-state index in [2.05, 4.69) is 15.7 Å². The van der Waals surface area contributed by atoms with Gasteiger partial charge in [-0.3, -0.25) is 9.59 Å². The van der Waals surface area contributed by atoms with E-state index < -0.39 is 12.0 Å². The fourth-order valence-corrected chi connectivity index (χ4v) is 6.59. The van der Waals surface area contributed by atoms with Crippen LogP contribution >= 0.6 is 0 Å². The molecule has 0 bridgehead atoms. The first-order chi connectivity index (χ1) is 17.8. The Morgan fingerprint density at radius 1 is 1.08 bits per heavy atom. The first kappa shape index (κ1) is 24.7. The number of aromatic nitrogens is 3. The van der Waals surface area contributed by atoms with Crippen LogP contribution in [0.2, 0.25) is 0 Å². The number of amides is 2. The first-order valence-corrected chi connectivity index (χ1v) is 14.1. The number of carbonyl (C=O) groups excluding carboxylic acids is 2. The van der Waals surface area contributed by atoms with Crippen molar-refractivity contribution in [2.45, 2.75) is 102 Å². The molecule has 2 amide bonds. The minimum Gasteiger partial charge on any atom is -0.349 e. The average Bonchev–Trinajstić information content (AvgIpc) is 3.76. The van der Waals surface area contributed by atoms with E-state index in [4.69, 9.17) is 4.98 Å². The van der Waals surface area contributed by atoms with Gasteiger partial charge in [0.25, 0.3) is 0 Å². The van der Waals surface area contributed by atoms with E-state index >= 15 is 0 Å². The summed E-state index contributed by atoms with van der Waals surface area (Å²) < 4.78 is 29.6. The summed E-state index contributed by atoms with van der Waals surface area (Å²) in [6, 6.07) is 1.47. The van der Waals surface area contributed by atoms with Gasteiger partial charge in [-0.25, -0.2) is 18.3 Å². The summed E-state index contributed by atoms with van der Waals surface area (Å²) in [6.45, 7) is 1.99. The molecule has 3 atom stereocenters. The van der Waals surface area contributed by atoms with Crippen molar-refractivity contribution in [1.29, 1.82) is 0 Å². The lowest BCUT2D eigenvalue weighted by atomic mass is 9.79. The van der Waals surface area contributed by atoms with Crippen LogP contribution in [0.3, 0.4) is 0 Å². The molecule has 1 unspecified atom stereocenters. The molecule has 37 heavy (non-hydrogen) atoms. The highest BCUT2D eigenvalue weighted by Gasteiger charge is 2.61. The van der Waals surface area contributed by atoms with Gasteiger partial charge < -0.3 is 10.6 Å². The first-order valence-electron chi connectivity index (χ1n) is 14.1. The fourth-order valence-electron chi connectivity index (χ4n) is 6.59. The predicted molar refractivity (Wildman–Crippen MR) is 134 cm³/mol. The maximum Gasteiger partial charge on any atom is 0.248 e. The van der Waals surface area contributed by atoms with Crippen molar-refractivity contribution in [2.24, 2.45) is 23.2 Å². The summed E-state index contributed by atoms with van der Waals surface area (Å²) in [5.74, 6) is -2.18. The Hall–Kier alpha value is -2.58. The van der Waals surface area contributed by atoms with Crippen molar-refractivity contribution in [1.82, 2.24) is 25.2 Å². The molecular formula is C28H37F2N5O2. The van der Waals surface area contributed by atoms with E-state index in [1.165, 1.54) is 6.42 Å². The summed E-state index contributed by atoms with van der Waals surface area (Å²) in [4.78, 5) is 30.4. The summed E-state index contributed by atoms with van der Waals surface area (Å²) >= 11 is 0. The molecule has 4 aliphatic rings. The maximum atomic E-state index is 13.9. The molecule has 1 spiro atoms. The number of hydrogen-bond acceptors (Lipinski definition) is 4. The molecule has 2 aromatic heterocycles. The molecule has 4 fully saturated rings. The van der Waals surface area contributed by atoms with E-state index in [9.17, 15) is 18.4 Å². The van der Waals surface area contributed by atoms with Crippen LogP contribution in [0.15, 0.2) is 18.5 Å². The van der Waals surface area contributed by atoms with Crippen molar-refractivity contribution in [3.8, 4) is 0 Å². The summed E-state index contributed by atoms with van der Waals surface area (Å²) in [5.41, 5.74) is 2.45. The van der Waals surface area contributed by atoms with Gasteiger partial charge in [0.15, 0.2) is 5.65 Å². The van der Waals surface area contributed by atoms with Gasteiger partial charge in [-0.05, 0) is 80.2 Å². The van der Waals surface area contributed by atoms with Gasteiger partial charge in [0, 0.05) is 25.2 Å². The van der Waals surface area contributed by atoms with Crippen molar-refractivity contribution >= 4 is 17.5 Å². The second-order valence-electron chi connectivity index (χ2n) is 12.0. The van der Waals surface area contributed by atoms with Crippen LogP contribution in [0.5, 0.6) is 0 Å². The Morgan fingerprint density at radius 2 is 1.81 bits per heavy atom. The zero-order valence-corrected chi connectivity index (χ0v) is 21.5. The Labute approximate surface area is 216 Å². The van der Waals surface area contributed by atoms with Crippen LogP contribution in [0.1, 0.15) is 107 Å². The van der Waals surface area contributed by atoms with Crippen LogP contribution in [-0.2, 0) is 9.59 Å². The number of fused-ring (bicyclic) bond motifs is 1. The molecule has 2 heterocycles. The van der Waals surface area contributed by atoms with Crippen LogP contribution < -0.4 is 10.6 Å². The number of halogens is 2. The van der Waals surface area contributed by atoms with E-state index in [1.54, 1.807) is 10.7 Å². The quantitative estimate of drug-likeness (QED) is 0.478. The summed E-state index contributed by atoms with van der Waals surface area (Å²) in [6.07, 6.45) is 11.8. The fraction of sp³-hybridized carbons (Fsp3) is 0.714. The van der Waals surface area contributed by atoms with Crippen LogP contribution in [-0.4, -0.2) is 32.3 Å². The van der Waals surface area contributed by atoms with Gasteiger partial charge in [-0.1, -0.05) is 13.3 Å². The molecule has 7 nitrogen and oxygen atoms in total. The lowest BCUT2D eigenvalue weighted by Crippen LogP contribution is -2.39. The number of nitrogens with one attached hydrogen (secondary N) is 2. The lowest BCUT2D eigenvalue weighted by Gasteiger charge is -2.34. The molecule has 2 aromatic rings. The van der Waals surface area contributed by atoms with Gasteiger partial charge >= 0.3 is 0 Å². The lowest BCUT2D eigenvalue weighted by molar-refractivity contribution is -0.125. The topological polar surface area (TPSA) is 88.4 Å². The Morgan fingerprint density at radius 3 is 2.43 bits per heavy atom. The number of imidazole rings is 1. The van der Waals surface area contributed by atoms with Crippen LogP contribution in [0.25, 0.3) is 5.65 Å². The molecule has 0 aliphatic heterocycles. The third-order valence-corrected chi connectivity index (χ3v) is 9.31. The van der Waals surface area contributed by atoms with E-state index in [1.807, 2.05) is 19.2 Å². The van der Waals surface area contributed by atoms with Crippen molar-refractivity contribution < 1.29 is 18.4 Å². The highest BCUT2D eigenvalue weighted by molar-refractivity contribution is 5.83. The molecule has 0 aromatic carbocycles. The number of carbonyl (C=O) groups is 2. The average molecular weight is 514 g/mol. The molecule has 4 saturated carbocycles. The number of alkyl halides is 2. The largest absolute Gasteiger partial charge is 0.349 e. The van der Waals surface area contributed by atoms with Gasteiger partial charge in [-0.15, -0.1) is 0 Å². The number of hydrogen-bond donors (Lipinski definition) is 2. The monoisotopic (exact) mass is 513 g/mol. The minimum atomic E-state index is -2.63. The molecule has 4 aliphatic carbocycles. The Kier molecular flexibility index (Phi) is 6.23. The van der Waals surface area contributed by atoms with Gasteiger partial charge in [-0.2, -0.15) is 5.10 Å². The summed E-state index contributed by atoms with van der Waals surface area (Å²) in [5, 5.41) is 11.0. The molecule has 9 heteroatoms. The van der Waals surface area contributed by atoms with Crippen LogP contribution in [0.4, 0.5) is 8.78 Å². The Balaban J connectivity index is 1.25. The van der Waals surface area contributed by atoms with Crippen molar-refractivity contribution in [3.63, 3.8) is 0 Å². The maximum absolute atomic E-state index is 13.9. The second-order valence-corrected chi connectivity index (χ2v) is 12.0. The third kappa shape index (κ3) is 4.98. The normalized spacial score (nSPS) is 25.9. The van der Waals surface area contributed by atoms with Crippen molar-refractivity contribution in [3.05, 3.63) is 29.7 Å². The van der Waals surface area contributed by atoms with Crippen molar-refractivity contribution in [2.75, 3.05) is 0 Å². The van der Waals surface area contributed by atoms with Gasteiger partial charge in [0.2, 0.25) is 17.7 Å². The second kappa shape index (κ2) is 9.31. The highest BCUT2D eigenvalue weighted by Crippen LogP contribution is 2.65. The van der Waals surface area contributed by atoms with E-state index in [0.29, 0.717) is 36.5 Å². The number of rotatable bonds is 9. The van der Waals surface area contributed by atoms with Gasteiger partial charge in [0.05, 0.1) is 30.2 Å². The molecular weight excluding hydrogens is 476 g/mol. The molecule has 6 rings (SSSR count). The summed E-state index contributed by atoms with van der Waals surface area (Å²) in [7, 11) is 0. The standard InChI is InChI=1S/C28H37F2N5O2/c1-2-4-23(36)33-24(17-5-6-17)19-13-22-32-21(16-35(22)31-15-19)25(18-7-11-28(29,30)12-8-18)34-26(37)20-14-27(20)9-3-10-27/h13,15-18,20,24-25H,2-12,14H2,1H3,(H,33,36)(H,34,37)/t20?,24-,25+/m1/s1. The predicted octanol–water partition coefficient (Wildman–Crippen LogP) is 5.27. The highest BCUT2D eigenvalue weighted by atomic mass is 19.3. The molecule has 200 valence electrons. The van der Waals surface area contributed by atoms with Crippen LogP contribution in [0, 0.1) is 23.2 Å². The minimum absolute atomic E-state index is 0.0418. The third-order valence-electron chi connectivity index (χ3n) is 9.31. The Bertz CT molecular complexity index is 1180. The zero-order chi connectivity index (χ0) is 25.8. The van der Waals surface area contributed by atoms with E-state index in [-0.39, 0.29) is 47.9 Å². The van der Waals surface area contributed by atoms with E-state index in [0.717, 1.165) is 44.1 Å². The SMILES string of the molecule is CCCC(=O)N[C@@H](c1cnn2cc([C@@H](NC(=O)C3CC34CCC4)C3CCC(F)(F)CC3)nc2c1)C1CC1. The zero-order valence-electron chi connectivity index (χ0n) is 21.5. The molecule has 0 radical (unpaired) electrons. The number of nitrogens with zero attached hydrogens (tertiary/aromatic N) is 3. The van der Waals surface area contributed by atoms with Gasteiger partial charge in [0.1, 0.15) is 0 Å². The molecule has 2 N–H and O–H groups in total.